The van der Waals surface area contributed by atoms with E-state index in [-0.39, 0.29) is 31.4 Å². The predicted molar refractivity (Wildman–Crippen MR) is 183 cm³/mol. The van der Waals surface area contributed by atoms with Gasteiger partial charge in [-0.05, 0) is 71.2 Å². The van der Waals surface area contributed by atoms with Gasteiger partial charge in [0, 0.05) is 34.1 Å². The Morgan fingerprint density at radius 3 is 2.55 bits per heavy atom. The molecule has 0 saturated carbocycles. The Morgan fingerprint density at radius 1 is 1.12 bits per heavy atom. The third kappa shape index (κ3) is 4.23. The molecule has 3 aromatic carbocycles. The van der Waals surface area contributed by atoms with Gasteiger partial charge in [0.05, 0.1) is 29.5 Å². The molecular formula is C39H32FN3O5S. The normalized spacial score (nSPS) is 19.8. The number of aliphatic hydroxyl groups is 1. The van der Waals surface area contributed by atoms with Crippen molar-refractivity contribution in [1.29, 1.82) is 0 Å². The zero-order valence-corrected chi connectivity index (χ0v) is 27.7. The van der Waals surface area contributed by atoms with Crippen molar-refractivity contribution in [2.24, 2.45) is 0 Å². The topological polar surface area (TPSA) is 103 Å². The summed E-state index contributed by atoms with van der Waals surface area (Å²) in [5, 5.41) is 15.4. The molecule has 9 rings (SSSR count). The molecule has 10 heteroatoms. The van der Waals surface area contributed by atoms with Crippen LogP contribution in [0.15, 0.2) is 60.7 Å². The van der Waals surface area contributed by atoms with E-state index >= 15 is 4.39 Å². The van der Waals surface area contributed by atoms with Gasteiger partial charge in [-0.1, -0.05) is 67.7 Å². The van der Waals surface area contributed by atoms with Gasteiger partial charge >= 0.3 is 12.1 Å². The zero-order chi connectivity index (χ0) is 33.8. The van der Waals surface area contributed by atoms with Crippen LogP contribution < -0.4 is 5.32 Å². The van der Waals surface area contributed by atoms with E-state index in [4.69, 9.17) is 26.7 Å². The fraction of sp³-hybridized carbons (Fsp3) is 0.282. The van der Waals surface area contributed by atoms with Crippen LogP contribution in [0.4, 0.5) is 9.18 Å². The number of ether oxygens (including phenoxy) is 2. The molecule has 4 heterocycles. The highest BCUT2D eigenvalue weighted by Gasteiger charge is 2.45. The van der Waals surface area contributed by atoms with Crippen LogP contribution in [0.5, 0.6) is 0 Å². The van der Waals surface area contributed by atoms with E-state index in [1.807, 2.05) is 28.8 Å². The lowest BCUT2D eigenvalue weighted by Crippen LogP contribution is -2.41. The number of aryl methyl sites for hydroxylation is 1. The highest BCUT2D eigenvalue weighted by Crippen LogP contribution is 2.48. The van der Waals surface area contributed by atoms with E-state index < -0.39 is 23.7 Å². The zero-order valence-electron chi connectivity index (χ0n) is 26.9. The molecule has 0 spiro atoms. The number of aromatic nitrogens is 2. The molecule has 0 saturated heterocycles. The largest absolute Gasteiger partial charge is 0.458 e. The molecule has 0 fully saturated rings. The summed E-state index contributed by atoms with van der Waals surface area (Å²) in [5.74, 6) is -1.13. The lowest BCUT2D eigenvalue weighted by atomic mass is 9.81. The summed E-state index contributed by atoms with van der Waals surface area (Å²) in [5.41, 5.74) is 8.62. The molecule has 2 N–H and O–H groups in total. The first-order valence-electron chi connectivity index (χ1n) is 16.6. The molecule has 2 aromatic heterocycles. The Bertz CT molecular complexity index is 2320. The highest BCUT2D eigenvalue weighted by atomic mass is 32.1. The minimum atomic E-state index is -1.84. The van der Waals surface area contributed by atoms with Crippen LogP contribution in [0, 0.1) is 17.4 Å². The van der Waals surface area contributed by atoms with Crippen LogP contribution in [0.25, 0.3) is 33.4 Å². The summed E-state index contributed by atoms with van der Waals surface area (Å²) in [6, 6.07) is 19.2. The van der Waals surface area contributed by atoms with Crippen LogP contribution >= 0.6 is 12.2 Å². The van der Waals surface area contributed by atoms with Gasteiger partial charge in [-0.25, -0.2) is 19.0 Å². The van der Waals surface area contributed by atoms with Gasteiger partial charge in [0.25, 0.3) is 0 Å². The fourth-order valence-electron chi connectivity index (χ4n) is 8.48. The first kappa shape index (κ1) is 30.2. The van der Waals surface area contributed by atoms with E-state index in [2.05, 4.69) is 29.6 Å². The van der Waals surface area contributed by atoms with Crippen molar-refractivity contribution in [3.05, 3.63) is 116 Å². The predicted octanol–water partition coefficient (Wildman–Crippen LogP) is 7.42. The van der Waals surface area contributed by atoms with Gasteiger partial charge in [0.15, 0.2) is 5.60 Å². The molecular weight excluding hydrogens is 642 g/mol. The van der Waals surface area contributed by atoms with Crippen LogP contribution in [0.2, 0.25) is 0 Å². The Balaban J connectivity index is 1.11. The number of carbonyl (C=O) groups excluding carboxylic acids is 2. The van der Waals surface area contributed by atoms with E-state index in [0.29, 0.717) is 57.6 Å². The quantitative estimate of drug-likeness (QED) is 0.148. The average Bonchev–Trinajstić information content (AvgIpc) is 3.64. The maximum atomic E-state index is 15.3. The van der Waals surface area contributed by atoms with Gasteiger partial charge in [-0.15, -0.1) is 0 Å². The number of esters is 1. The molecule has 49 heavy (non-hydrogen) atoms. The molecule has 0 radical (unpaired) electrons. The fourth-order valence-corrected chi connectivity index (χ4v) is 8.81. The molecule has 2 aliphatic carbocycles. The summed E-state index contributed by atoms with van der Waals surface area (Å²) in [6.45, 7) is 4.02. The SMILES string of the molecule is CC[C@@]1(O)C(=O)OCc2c1cc1n(c2=S)Cc2c-1nc1cc(F)c(C)c3c1c2[C@@H](NC(=O)OCC1c2ccccc2-c2ccccc21)CC3. The third-order valence-electron chi connectivity index (χ3n) is 11.0. The standard InChI is InChI=1S/C39H32FN3O5S/c1-3-39(46)28-14-32-35-25(16-43(32)36(49)27(28)18-47-37(39)44)34-30(13-12-20-19(2)29(40)15-31(41-35)33(20)34)42-38(45)48-17-26-23-10-6-4-8-21(23)22-9-5-7-11-24(22)26/h4-11,14-15,26,30,46H,3,12-13,16-18H2,1-2H3,(H,42,45)/t30-,39-/m0/s1. The number of nitrogens with zero attached hydrogens (tertiary/aromatic N) is 2. The smallest absolute Gasteiger partial charge is 0.407 e. The van der Waals surface area contributed by atoms with Crippen molar-refractivity contribution in [2.45, 2.75) is 63.8 Å². The van der Waals surface area contributed by atoms with Crippen LogP contribution in [-0.2, 0) is 39.4 Å². The maximum absolute atomic E-state index is 15.3. The number of rotatable bonds is 4. The molecule has 2 atom stereocenters. The number of alkyl carbamates (subject to hydrolysis) is 1. The molecule has 4 aliphatic rings. The van der Waals surface area contributed by atoms with Gasteiger partial charge in [-0.2, -0.15) is 0 Å². The van der Waals surface area contributed by atoms with E-state index in [1.54, 1.807) is 19.9 Å². The Labute approximate surface area is 286 Å². The van der Waals surface area contributed by atoms with E-state index in [0.717, 1.165) is 44.3 Å². The maximum Gasteiger partial charge on any atom is 0.407 e. The Hall–Kier alpha value is -4.93. The Kier molecular flexibility index (Phi) is 6.64. The van der Waals surface area contributed by atoms with Crippen molar-refractivity contribution in [2.75, 3.05) is 6.61 Å². The lowest BCUT2D eigenvalue weighted by molar-refractivity contribution is -0.172. The van der Waals surface area contributed by atoms with E-state index in [9.17, 15) is 14.7 Å². The second kappa shape index (κ2) is 10.8. The van der Waals surface area contributed by atoms with Crippen molar-refractivity contribution in [1.82, 2.24) is 14.9 Å². The molecule has 1 amide bonds. The number of nitrogens with one attached hydrogen (secondary N) is 1. The molecule has 5 aromatic rings. The number of pyridine rings is 2. The van der Waals surface area contributed by atoms with Gasteiger partial charge in [-0.3, -0.25) is 0 Å². The molecule has 0 unspecified atom stereocenters. The summed E-state index contributed by atoms with van der Waals surface area (Å²) < 4.78 is 29.0. The van der Waals surface area contributed by atoms with Crippen molar-refractivity contribution >= 4 is 35.2 Å². The third-order valence-corrected chi connectivity index (χ3v) is 11.5. The number of halogens is 1. The average molecular weight is 674 g/mol. The number of hydrogen-bond donors (Lipinski definition) is 2. The molecule has 2 aliphatic heterocycles. The van der Waals surface area contributed by atoms with Crippen LogP contribution in [0.3, 0.4) is 0 Å². The van der Waals surface area contributed by atoms with Gasteiger partial charge in [0.2, 0.25) is 0 Å². The van der Waals surface area contributed by atoms with Gasteiger partial charge in [0.1, 0.15) is 23.7 Å². The monoisotopic (exact) mass is 673 g/mol. The number of benzene rings is 3. The summed E-state index contributed by atoms with van der Waals surface area (Å²) in [4.78, 5) is 31.3. The minimum Gasteiger partial charge on any atom is -0.458 e. The van der Waals surface area contributed by atoms with Crippen molar-refractivity contribution in [3.63, 3.8) is 0 Å². The number of fused-ring (bicyclic) bond motifs is 8. The first-order valence-corrected chi connectivity index (χ1v) is 17.0. The first-order chi connectivity index (χ1) is 23.7. The molecule has 246 valence electrons. The number of carbonyl (C=O) groups is 2. The number of amides is 1. The second-order valence-corrected chi connectivity index (χ2v) is 13.8. The second-order valence-electron chi connectivity index (χ2n) is 13.4. The number of cyclic esters (lactones) is 1. The van der Waals surface area contributed by atoms with Crippen molar-refractivity contribution < 1.29 is 28.6 Å². The minimum absolute atomic E-state index is 0.0330. The summed E-state index contributed by atoms with van der Waals surface area (Å²) in [6.07, 6.45) is 0.689. The van der Waals surface area contributed by atoms with Crippen LogP contribution in [0.1, 0.15) is 76.2 Å². The van der Waals surface area contributed by atoms with Crippen LogP contribution in [-0.4, -0.2) is 33.3 Å². The highest BCUT2D eigenvalue weighted by molar-refractivity contribution is 7.71. The summed E-state index contributed by atoms with van der Waals surface area (Å²) in [7, 11) is 0. The van der Waals surface area contributed by atoms with Crippen molar-refractivity contribution in [3.8, 4) is 22.5 Å². The van der Waals surface area contributed by atoms with E-state index in [1.165, 1.54) is 6.07 Å². The molecule has 8 nitrogen and oxygen atoms in total. The van der Waals surface area contributed by atoms with Gasteiger partial charge < -0.3 is 24.5 Å². The Morgan fingerprint density at radius 2 is 1.84 bits per heavy atom. The molecule has 0 bridgehead atoms. The summed E-state index contributed by atoms with van der Waals surface area (Å²) >= 11 is 5.93. The number of hydrogen-bond acceptors (Lipinski definition) is 7. The lowest BCUT2D eigenvalue weighted by Gasteiger charge is -2.32.